The van der Waals surface area contributed by atoms with Gasteiger partial charge in [-0.05, 0) is 39.2 Å². The molecule has 3 heterocycles. The quantitative estimate of drug-likeness (QED) is 0.658. The molecule has 0 amide bonds. The third kappa shape index (κ3) is 3.81. The van der Waals surface area contributed by atoms with Gasteiger partial charge in [0, 0.05) is 42.0 Å². The normalized spacial score (nSPS) is 16.1. The number of aromatic nitrogens is 3. The molecular weight excluding hydrogens is 364 g/mol. The van der Waals surface area contributed by atoms with E-state index in [0.717, 1.165) is 66.6 Å². The molecule has 0 radical (unpaired) electrons. The van der Waals surface area contributed by atoms with Crippen molar-refractivity contribution in [3.8, 4) is 5.75 Å². The number of para-hydroxylation sites is 1. The zero-order valence-electron chi connectivity index (χ0n) is 17.7. The van der Waals surface area contributed by atoms with Crippen LogP contribution >= 0.6 is 0 Å². The number of nitrogens with one attached hydrogen (secondary N) is 1. The average molecular weight is 395 g/mol. The lowest BCUT2D eigenvalue weighted by molar-refractivity contribution is 0.0844. The molecule has 1 aromatic carbocycles. The van der Waals surface area contributed by atoms with Gasteiger partial charge in [0.25, 0.3) is 0 Å². The molecule has 0 saturated carbocycles. The highest BCUT2D eigenvalue weighted by atomic mass is 16.5. The number of ether oxygens (including phenoxy) is 2. The lowest BCUT2D eigenvalue weighted by Crippen LogP contribution is -2.16. The van der Waals surface area contributed by atoms with Gasteiger partial charge in [0.2, 0.25) is 0 Å². The third-order valence-electron chi connectivity index (χ3n) is 5.88. The van der Waals surface area contributed by atoms with Gasteiger partial charge in [-0.15, -0.1) is 0 Å². The molecule has 6 nitrogen and oxygen atoms in total. The molecule has 1 aliphatic rings. The van der Waals surface area contributed by atoms with Crippen LogP contribution < -0.4 is 10.1 Å². The van der Waals surface area contributed by atoms with Gasteiger partial charge in [-0.2, -0.15) is 9.61 Å². The molecule has 0 aliphatic carbocycles. The van der Waals surface area contributed by atoms with Crippen LogP contribution in [0.5, 0.6) is 5.75 Å². The first-order valence-electron chi connectivity index (χ1n) is 10.5. The zero-order valence-corrected chi connectivity index (χ0v) is 17.7. The standard InChI is InChI=1S/C23H30N4O2/c1-5-18-15(2)24-22-14-20(17-10-12-29-13-11-17)26-27(22)23(18)25-16(3)19-8-6-7-9-21(19)28-4/h6-9,14,16-17,25H,5,10-13H2,1-4H3/t16-/m1/s1. The average Bonchev–Trinajstić information content (AvgIpc) is 3.18. The fraction of sp³-hybridized carbons (Fsp3) is 0.478. The van der Waals surface area contributed by atoms with Crippen molar-refractivity contribution in [3.63, 3.8) is 0 Å². The van der Waals surface area contributed by atoms with Gasteiger partial charge in [-0.25, -0.2) is 4.98 Å². The van der Waals surface area contributed by atoms with Crippen LogP contribution in [0, 0.1) is 6.92 Å². The van der Waals surface area contributed by atoms with E-state index in [9.17, 15) is 0 Å². The molecule has 154 valence electrons. The summed E-state index contributed by atoms with van der Waals surface area (Å²) in [4.78, 5) is 4.84. The van der Waals surface area contributed by atoms with Gasteiger partial charge >= 0.3 is 0 Å². The minimum absolute atomic E-state index is 0.0668. The molecule has 1 N–H and O–H groups in total. The first-order chi connectivity index (χ1) is 14.1. The molecule has 1 aliphatic heterocycles. The molecular formula is C23H30N4O2. The molecule has 0 bridgehead atoms. The number of hydrogen-bond acceptors (Lipinski definition) is 5. The number of hydrogen-bond donors (Lipinski definition) is 1. The highest BCUT2D eigenvalue weighted by molar-refractivity contribution is 5.57. The van der Waals surface area contributed by atoms with Crippen molar-refractivity contribution in [2.45, 2.75) is 52.0 Å². The Bertz CT molecular complexity index is 992. The SMILES string of the molecule is CCc1c(C)nc2cc(C3CCOCC3)nn2c1N[C@H](C)c1ccccc1OC. The van der Waals surface area contributed by atoms with Crippen LogP contribution in [-0.2, 0) is 11.2 Å². The second-order valence-electron chi connectivity index (χ2n) is 7.71. The molecule has 3 aromatic rings. The molecule has 4 rings (SSSR count). The van der Waals surface area contributed by atoms with Crippen LogP contribution in [0.15, 0.2) is 30.3 Å². The molecule has 29 heavy (non-hydrogen) atoms. The van der Waals surface area contributed by atoms with Crippen molar-refractivity contribution in [1.82, 2.24) is 14.6 Å². The van der Waals surface area contributed by atoms with Crippen molar-refractivity contribution in [3.05, 3.63) is 52.8 Å². The molecule has 2 aromatic heterocycles. The number of benzene rings is 1. The summed E-state index contributed by atoms with van der Waals surface area (Å²) in [5.74, 6) is 2.35. The van der Waals surface area contributed by atoms with Gasteiger partial charge in [0.05, 0.1) is 18.8 Å². The molecule has 1 saturated heterocycles. The predicted octanol–water partition coefficient (Wildman–Crippen LogP) is 4.68. The molecule has 0 unspecified atom stereocenters. The number of methoxy groups -OCH3 is 1. The Morgan fingerprint density at radius 1 is 1.28 bits per heavy atom. The summed E-state index contributed by atoms with van der Waals surface area (Å²) in [5.41, 5.74) is 5.38. The lowest BCUT2D eigenvalue weighted by Gasteiger charge is -2.22. The first-order valence-corrected chi connectivity index (χ1v) is 10.5. The van der Waals surface area contributed by atoms with Crippen LogP contribution in [-0.4, -0.2) is 34.9 Å². The van der Waals surface area contributed by atoms with Gasteiger partial charge in [-0.1, -0.05) is 25.1 Å². The number of rotatable bonds is 6. The minimum atomic E-state index is 0.0668. The second-order valence-corrected chi connectivity index (χ2v) is 7.71. The second kappa shape index (κ2) is 8.41. The molecule has 0 spiro atoms. The van der Waals surface area contributed by atoms with Crippen molar-refractivity contribution < 1.29 is 9.47 Å². The van der Waals surface area contributed by atoms with Crippen molar-refractivity contribution in [1.29, 1.82) is 0 Å². The first kappa shape index (κ1) is 19.7. The maximum Gasteiger partial charge on any atom is 0.157 e. The Balaban J connectivity index is 1.75. The summed E-state index contributed by atoms with van der Waals surface area (Å²) < 4.78 is 13.1. The van der Waals surface area contributed by atoms with E-state index in [1.807, 2.05) is 22.7 Å². The highest BCUT2D eigenvalue weighted by Crippen LogP contribution is 2.32. The monoisotopic (exact) mass is 394 g/mol. The van der Waals surface area contributed by atoms with Crippen LogP contribution in [0.1, 0.15) is 61.2 Å². The van der Waals surface area contributed by atoms with E-state index in [1.165, 1.54) is 5.56 Å². The summed E-state index contributed by atoms with van der Waals surface area (Å²) in [5, 5.41) is 8.69. The minimum Gasteiger partial charge on any atom is -0.496 e. The Hall–Kier alpha value is -2.60. The Labute approximate surface area is 172 Å². The van der Waals surface area contributed by atoms with E-state index in [4.69, 9.17) is 19.6 Å². The maximum absolute atomic E-state index is 5.57. The molecule has 1 fully saturated rings. The third-order valence-corrected chi connectivity index (χ3v) is 5.88. The van der Waals surface area contributed by atoms with E-state index < -0.39 is 0 Å². The lowest BCUT2D eigenvalue weighted by atomic mass is 9.97. The van der Waals surface area contributed by atoms with Crippen LogP contribution in [0.4, 0.5) is 5.82 Å². The number of aryl methyl sites for hydroxylation is 1. The van der Waals surface area contributed by atoms with Gasteiger partial charge < -0.3 is 14.8 Å². The summed E-state index contributed by atoms with van der Waals surface area (Å²) in [6.45, 7) is 8.01. The summed E-state index contributed by atoms with van der Waals surface area (Å²) in [6.07, 6.45) is 2.93. The molecule has 6 heteroatoms. The van der Waals surface area contributed by atoms with Gasteiger partial charge in [-0.3, -0.25) is 0 Å². The van der Waals surface area contributed by atoms with Crippen LogP contribution in [0.25, 0.3) is 5.65 Å². The summed E-state index contributed by atoms with van der Waals surface area (Å²) in [7, 11) is 1.71. The predicted molar refractivity (Wildman–Crippen MR) is 115 cm³/mol. The highest BCUT2D eigenvalue weighted by Gasteiger charge is 2.22. The van der Waals surface area contributed by atoms with E-state index in [1.54, 1.807) is 7.11 Å². The molecule has 1 atom stereocenters. The maximum atomic E-state index is 5.57. The van der Waals surface area contributed by atoms with Crippen molar-refractivity contribution in [2.24, 2.45) is 0 Å². The van der Waals surface area contributed by atoms with Gasteiger partial charge in [0.1, 0.15) is 11.6 Å². The fourth-order valence-corrected chi connectivity index (χ4v) is 4.24. The van der Waals surface area contributed by atoms with E-state index in [-0.39, 0.29) is 6.04 Å². The number of anilines is 1. The van der Waals surface area contributed by atoms with E-state index in [2.05, 4.69) is 38.2 Å². The largest absolute Gasteiger partial charge is 0.496 e. The Morgan fingerprint density at radius 2 is 2.03 bits per heavy atom. The summed E-state index contributed by atoms with van der Waals surface area (Å²) >= 11 is 0. The number of nitrogens with zero attached hydrogens (tertiary/aromatic N) is 3. The Kier molecular flexibility index (Phi) is 5.72. The van der Waals surface area contributed by atoms with Crippen molar-refractivity contribution in [2.75, 3.05) is 25.6 Å². The topological polar surface area (TPSA) is 60.7 Å². The van der Waals surface area contributed by atoms with Gasteiger partial charge in [0.15, 0.2) is 5.65 Å². The van der Waals surface area contributed by atoms with Crippen molar-refractivity contribution >= 4 is 11.5 Å². The van der Waals surface area contributed by atoms with Crippen LogP contribution in [0.3, 0.4) is 0 Å². The zero-order chi connectivity index (χ0) is 20.4. The fourth-order valence-electron chi connectivity index (χ4n) is 4.24. The number of fused-ring (bicyclic) bond motifs is 1. The van der Waals surface area contributed by atoms with Crippen LogP contribution in [0.2, 0.25) is 0 Å². The van der Waals surface area contributed by atoms with E-state index >= 15 is 0 Å². The summed E-state index contributed by atoms with van der Waals surface area (Å²) in [6, 6.07) is 10.3. The smallest absolute Gasteiger partial charge is 0.157 e. The van der Waals surface area contributed by atoms with E-state index in [0.29, 0.717) is 5.92 Å². The Morgan fingerprint density at radius 3 is 2.76 bits per heavy atom.